The highest BCUT2D eigenvalue weighted by Crippen LogP contribution is 2.32. The normalized spacial score (nSPS) is 13.1. The number of pyridine rings is 1. The molecule has 0 saturated heterocycles. The van der Waals surface area contributed by atoms with E-state index in [-0.39, 0.29) is 10.8 Å². The van der Waals surface area contributed by atoms with Crippen molar-refractivity contribution in [1.29, 1.82) is 0 Å². The fourth-order valence-electron chi connectivity index (χ4n) is 2.71. The van der Waals surface area contributed by atoms with Crippen LogP contribution in [-0.2, 0) is 14.8 Å². The van der Waals surface area contributed by atoms with Gasteiger partial charge in [-0.05, 0) is 37.1 Å². The van der Waals surface area contributed by atoms with Crippen LogP contribution in [0, 0.1) is 0 Å². The van der Waals surface area contributed by atoms with Gasteiger partial charge in [-0.3, -0.25) is 4.79 Å². The third-order valence-corrected chi connectivity index (χ3v) is 5.59. The lowest BCUT2D eigenvalue weighted by Gasteiger charge is -2.18. The van der Waals surface area contributed by atoms with Crippen molar-refractivity contribution >= 4 is 21.7 Å². The summed E-state index contributed by atoms with van der Waals surface area (Å²) < 4.78 is 38.2. The highest BCUT2D eigenvalue weighted by Gasteiger charge is 2.18. The van der Waals surface area contributed by atoms with Gasteiger partial charge in [0.1, 0.15) is 19.0 Å². The van der Waals surface area contributed by atoms with Gasteiger partial charge < -0.3 is 14.8 Å². The van der Waals surface area contributed by atoms with Crippen molar-refractivity contribution in [3.05, 3.63) is 42.6 Å². The van der Waals surface area contributed by atoms with Crippen LogP contribution in [0.2, 0.25) is 0 Å². The summed E-state index contributed by atoms with van der Waals surface area (Å²) in [7, 11) is -3.61. The average molecular weight is 405 g/mol. The molecule has 0 fully saturated rings. The minimum atomic E-state index is -3.61. The molecule has 1 aromatic heterocycles. The molecule has 0 bridgehead atoms. The number of ether oxygens (including phenoxy) is 2. The smallest absolute Gasteiger partial charge is 0.240 e. The first-order chi connectivity index (χ1) is 13.5. The fourth-order valence-corrected chi connectivity index (χ4v) is 3.80. The number of nitrogens with zero attached hydrogens (tertiary/aromatic N) is 1. The Morgan fingerprint density at radius 1 is 1.04 bits per heavy atom. The Balaban J connectivity index is 1.37. The second kappa shape index (κ2) is 9.52. The number of unbranched alkanes of at least 4 members (excludes halogenated alkanes) is 2. The average Bonchev–Trinajstić information content (AvgIpc) is 2.71. The molecule has 3 rings (SSSR count). The second-order valence-corrected chi connectivity index (χ2v) is 8.04. The summed E-state index contributed by atoms with van der Waals surface area (Å²) in [5, 5.41) is 2.72. The number of fused-ring (bicyclic) bond motifs is 1. The second-order valence-electron chi connectivity index (χ2n) is 6.28. The van der Waals surface area contributed by atoms with Gasteiger partial charge in [0.15, 0.2) is 11.5 Å². The van der Waals surface area contributed by atoms with Gasteiger partial charge in [-0.25, -0.2) is 18.1 Å². The predicted octanol–water partition coefficient (Wildman–Crippen LogP) is 2.33. The Kier molecular flexibility index (Phi) is 6.83. The molecule has 0 atom stereocenters. The standard InChI is InChI=1S/C19H23N3O5S/c23-19(22-18-6-3-5-10-20-18)7-2-1-4-11-21-28(24,25)15-8-9-16-17(14-15)27-13-12-26-16/h3,5-6,8-10,14,21H,1-2,4,7,11-13H2,(H,20,22,23). The molecule has 0 spiro atoms. The molecule has 150 valence electrons. The van der Waals surface area contributed by atoms with Crippen LogP contribution in [0.25, 0.3) is 0 Å². The highest BCUT2D eigenvalue weighted by atomic mass is 32.2. The van der Waals surface area contributed by atoms with Crippen LogP contribution in [0.15, 0.2) is 47.5 Å². The molecule has 28 heavy (non-hydrogen) atoms. The van der Waals surface area contributed by atoms with Gasteiger partial charge in [-0.2, -0.15) is 0 Å². The van der Waals surface area contributed by atoms with E-state index in [9.17, 15) is 13.2 Å². The van der Waals surface area contributed by atoms with Crippen molar-refractivity contribution in [2.45, 2.75) is 30.6 Å². The van der Waals surface area contributed by atoms with Crippen LogP contribution in [-0.4, -0.2) is 39.1 Å². The molecular weight excluding hydrogens is 382 g/mol. The first-order valence-corrected chi connectivity index (χ1v) is 10.6. The zero-order chi connectivity index (χ0) is 19.8. The first kappa shape index (κ1) is 20.1. The molecule has 2 N–H and O–H groups in total. The van der Waals surface area contributed by atoms with Crippen molar-refractivity contribution in [3.63, 3.8) is 0 Å². The Morgan fingerprint density at radius 2 is 1.86 bits per heavy atom. The van der Waals surface area contributed by atoms with Crippen molar-refractivity contribution in [3.8, 4) is 11.5 Å². The third kappa shape index (κ3) is 5.67. The van der Waals surface area contributed by atoms with E-state index in [0.29, 0.717) is 56.3 Å². The maximum absolute atomic E-state index is 12.4. The summed E-state index contributed by atoms with van der Waals surface area (Å²) in [4.78, 5) is 16.0. The zero-order valence-corrected chi connectivity index (χ0v) is 16.2. The van der Waals surface area contributed by atoms with E-state index in [0.717, 1.165) is 6.42 Å². The van der Waals surface area contributed by atoms with Gasteiger partial charge in [0.25, 0.3) is 0 Å². The number of benzene rings is 1. The summed E-state index contributed by atoms with van der Waals surface area (Å²) in [5.41, 5.74) is 0. The molecule has 0 unspecified atom stereocenters. The van der Waals surface area contributed by atoms with Gasteiger partial charge in [-0.1, -0.05) is 12.5 Å². The van der Waals surface area contributed by atoms with E-state index in [1.165, 1.54) is 12.1 Å². The summed E-state index contributed by atoms with van der Waals surface area (Å²) in [5.74, 6) is 1.41. The summed E-state index contributed by atoms with van der Waals surface area (Å²) in [6.45, 7) is 1.16. The maximum Gasteiger partial charge on any atom is 0.240 e. The Morgan fingerprint density at radius 3 is 2.64 bits per heavy atom. The summed E-state index contributed by atoms with van der Waals surface area (Å²) in [6.07, 6.45) is 4.03. The lowest BCUT2D eigenvalue weighted by Crippen LogP contribution is -2.25. The molecule has 2 heterocycles. The van der Waals surface area contributed by atoms with Crippen LogP contribution < -0.4 is 19.5 Å². The van der Waals surface area contributed by atoms with E-state index in [4.69, 9.17) is 9.47 Å². The molecule has 0 radical (unpaired) electrons. The quantitative estimate of drug-likeness (QED) is 0.620. The number of carbonyl (C=O) groups is 1. The number of amides is 1. The lowest BCUT2D eigenvalue weighted by atomic mass is 10.2. The van der Waals surface area contributed by atoms with Gasteiger partial charge >= 0.3 is 0 Å². The molecule has 1 aliphatic rings. The molecule has 8 nitrogen and oxygen atoms in total. The molecular formula is C19H23N3O5S. The molecule has 0 saturated carbocycles. The van der Waals surface area contributed by atoms with E-state index in [1.807, 2.05) is 0 Å². The van der Waals surface area contributed by atoms with E-state index in [1.54, 1.807) is 30.5 Å². The molecule has 9 heteroatoms. The van der Waals surface area contributed by atoms with Gasteiger partial charge in [0, 0.05) is 25.2 Å². The summed E-state index contributed by atoms with van der Waals surface area (Å²) >= 11 is 0. The van der Waals surface area contributed by atoms with Crippen molar-refractivity contribution in [2.24, 2.45) is 0 Å². The fraction of sp³-hybridized carbons (Fsp3) is 0.368. The largest absolute Gasteiger partial charge is 0.486 e. The van der Waals surface area contributed by atoms with Crippen molar-refractivity contribution in [2.75, 3.05) is 25.1 Å². The molecule has 1 amide bonds. The first-order valence-electron chi connectivity index (χ1n) is 9.15. The van der Waals surface area contributed by atoms with E-state index >= 15 is 0 Å². The number of nitrogens with one attached hydrogen (secondary N) is 2. The number of hydrogen-bond donors (Lipinski definition) is 2. The van der Waals surface area contributed by atoms with Crippen LogP contribution in [0.3, 0.4) is 0 Å². The van der Waals surface area contributed by atoms with Gasteiger partial charge in [-0.15, -0.1) is 0 Å². The molecule has 1 aliphatic heterocycles. The minimum absolute atomic E-state index is 0.101. The maximum atomic E-state index is 12.4. The number of aromatic nitrogens is 1. The molecule has 2 aromatic rings. The van der Waals surface area contributed by atoms with Crippen molar-refractivity contribution in [1.82, 2.24) is 9.71 Å². The third-order valence-electron chi connectivity index (χ3n) is 4.13. The van der Waals surface area contributed by atoms with E-state index < -0.39 is 10.0 Å². The van der Waals surface area contributed by atoms with E-state index in [2.05, 4.69) is 15.0 Å². The SMILES string of the molecule is O=C(CCCCCNS(=O)(=O)c1ccc2c(c1)OCCO2)Nc1ccccn1. The Hall–Kier alpha value is -2.65. The number of anilines is 1. The monoisotopic (exact) mass is 405 g/mol. The topological polar surface area (TPSA) is 107 Å². The van der Waals surface area contributed by atoms with Gasteiger partial charge in [0.2, 0.25) is 15.9 Å². The van der Waals surface area contributed by atoms with Gasteiger partial charge in [0.05, 0.1) is 4.90 Å². The highest BCUT2D eigenvalue weighted by molar-refractivity contribution is 7.89. The summed E-state index contributed by atoms with van der Waals surface area (Å²) in [6, 6.07) is 9.88. The van der Waals surface area contributed by atoms with Crippen LogP contribution in [0.4, 0.5) is 5.82 Å². The number of sulfonamides is 1. The van der Waals surface area contributed by atoms with Crippen molar-refractivity contribution < 1.29 is 22.7 Å². The lowest BCUT2D eigenvalue weighted by molar-refractivity contribution is -0.116. The number of rotatable bonds is 9. The van der Waals surface area contributed by atoms with Crippen LogP contribution >= 0.6 is 0 Å². The molecule has 1 aromatic carbocycles. The Labute approximate surface area is 164 Å². The van der Waals surface area contributed by atoms with Crippen LogP contribution in [0.1, 0.15) is 25.7 Å². The molecule has 0 aliphatic carbocycles. The number of carbonyl (C=O) groups excluding carboxylic acids is 1. The zero-order valence-electron chi connectivity index (χ0n) is 15.4. The minimum Gasteiger partial charge on any atom is -0.486 e. The predicted molar refractivity (Wildman–Crippen MR) is 104 cm³/mol. The number of hydrogen-bond acceptors (Lipinski definition) is 6. The van der Waals surface area contributed by atoms with Crippen LogP contribution in [0.5, 0.6) is 11.5 Å². The Bertz CT molecular complexity index is 903.